The van der Waals surface area contributed by atoms with Crippen LogP contribution < -0.4 is 9.47 Å². The Hall–Kier alpha value is -3.10. The average Bonchev–Trinajstić information content (AvgIpc) is 3.44. The first-order valence-corrected chi connectivity index (χ1v) is 10.6. The molecule has 3 aliphatic rings. The molecule has 2 amide bonds. The largest absolute Gasteiger partial charge is 0.454 e. The third kappa shape index (κ3) is 2.82. The van der Waals surface area contributed by atoms with Crippen LogP contribution in [0.2, 0.25) is 5.02 Å². The first-order chi connectivity index (χ1) is 15.0. The molecule has 0 aliphatic carbocycles. The number of imidazole rings is 1. The van der Waals surface area contributed by atoms with Crippen molar-refractivity contribution in [3.05, 3.63) is 40.4 Å². The molecule has 0 spiro atoms. The van der Waals surface area contributed by atoms with Crippen molar-refractivity contribution in [1.29, 1.82) is 0 Å². The zero-order valence-electron chi connectivity index (χ0n) is 16.8. The summed E-state index contributed by atoms with van der Waals surface area (Å²) in [4.78, 5) is 37.7. The summed E-state index contributed by atoms with van der Waals surface area (Å²) in [5.41, 5.74) is 2.77. The maximum atomic E-state index is 13.1. The molecule has 0 radical (unpaired) electrons. The first kappa shape index (κ1) is 18.7. The number of piperidine rings is 1. The number of nitrogens with one attached hydrogen (secondary N) is 1. The van der Waals surface area contributed by atoms with E-state index in [-0.39, 0.29) is 24.6 Å². The van der Waals surface area contributed by atoms with Gasteiger partial charge in [0.2, 0.25) is 6.79 Å². The van der Waals surface area contributed by atoms with E-state index in [1.165, 1.54) is 4.90 Å². The predicted octanol–water partition coefficient (Wildman–Crippen LogP) is 3.30. The lowest BCUT2D eigenvalue weighted by atomic mass is 10.0. The van der Waals surface area contributed by atoms with Crippen LogP contribution in [-0.2, 0) is 0 Å². The fraction of sp³-hybridized carbons (Fsp3) is 0.318. The van der Waals surface area contributed by atoms with Gasteiger partial charge in [-0.3, -0.25) is 14.5 Å². The summed E-state index contributed by atoms with van der Waals surface area (Å²) >= 11 is 6.42. The summed E-state index contributed by atoms with van der Waals surface area (Å²) in [5, 5.41) is 0.469. The maximum absolute atomic E-state index is 13.1. The van der Waals surface area contributed by atoms with Crippen LogP contribution in [0.5, 0.6) is 11.5 Å². The van der Waals surface area contributed by atoms with Gasteiger partial charge in [0.15, 0.2) is 11.5 Å². The van der Waals surface area contributed by atoms with Crippen LogP contribution in [0.3, 0.4) is 0 Å². The van der Waals surface area contributed by atoms with Crippen molar-refractivity contribution in [1.82, 2.24) is 19.8 Å². The highest BCUT2D eigenvalue weighted by Crippen LogP contribution is 2.41. The molecule has 1 aromatic heterocycles. The van der Waals surface area contributed by atoms with E-state index in [0.29, 0.717) is 50.1 Å². The van der Waals surface area contributed by atoms with Gasteiger partial charge in [0.1, 0.15) is 5.82 Å². The van der Waals surface area contributed by atoms with Crippen molar-refractivity contribution in [3.63, 3.8) is 0 Å². The minimum absolute atomic E-state index is 0.0575. The number of hydrogen-bond donors (Lipinski definition) is 1. The number of benzene rings is 2. The number of nitrogens with zero attached hydrogens (tertiary/aromatic N) is 3. The Labute approximate surface area is 182 Å². The van der Waals surface area contributed by atoms with Gasteiger partial charge in [-0.25, -0.2) is 4.98 Å². The van der Waals surface area contributed by atoms with Crippen molar-refractivity contribution < 1.29 is 19.1 Å². The molecule has 4 heterocycles. The van der Waals surface area contributed by atoms with E-state index in [2.05, 4.69) is 21.9 Å². The molecule has 1 fully saturated rings. The minimum Gasteiger partial charge on any atom is -0.454 e. The lowest BCUT2D eigenvalue weighted by Crippen LogP contribution is -2.46. The third-order valence-electron chi connectivity index (χ3n) is 6.29. The average molecular weight is 439 g/mol. The van der Waals surface area contributed by atoms with Crippen molar-refractivity contribution in [2.24, 2.45) is 0 Å². The van der Waals surface area contributed by atoms with Gasteiger partial charge < -0.3 is 19.4 Å². The Kier molecular flexibility index (Phi) is 4.03. The van der Waals surface area contributed by atoms with Crippen LogP contribution >= 0.6 is 11.6 Å². The molecule has 2 aromatic carbocycles. The number of ether oxygens (including phenoxy) is 2. The molecule has 0 atom stereocenters. The van der Waals surface area contributed by atoms with Gasteiger partial charge >= 0.3 is 0 Å². The quantitative estimate of drug-likeness (QED) is 0.618. The van der Waals surface area contributed by atoms with Gasteiger partial charge in [-0.1, -0.05) is 11.6 Å². The monoisotopic (exact) mass is 438 g/mol. The van der Waals surface area contributed by atoms with E-state index < -0.39 is 0 Å². The van der Waals surface area contributed by atoms with Crippen molar-refractivity contribution in [3.8, 4) is 22.9 Å². The molecular weight excluding hydrogens is 420 g/mol. The highest BCUT2D eigenvalue weighted by atomic mass is 35.5. The van der Waals surface area contributed by atoms with Crippen LogP contribution in [0.1, 0.15) is 33.6 Å². The molecule has 0 unspecified atom stereocenters. The number of carbonyl (C=O) groups excluding carboxylic acids is 2. The van der Waals surface area contributed by atoms with E-state index in [4.69, 9.17) is 21.1 Å². The second-order valence-electron chi connectivity index (χ2n) is 8.20. The fourth-order valence-electron chi connectivity index (χ4n) is 4.57. The zero-order chi connectivity index (χ0) is 21.3. The Bertz CT molecular complexity index is 1210. The number of amides is 2. The molecule has 3 aromatic rings. The molecule has 3 aliphatic heterocycles. The Balaban J connectivity index is 1.37. The molecule has 0 bridgehead atoms. The number of rotatable bonds is 2. The predicted molar refractivity (Wildman–Crippen MR) is 114 cm³/mol. The third-order valence-corrected chi connectivity index (χ3v) is 6.60. The van der Waals surface area contributed by atoms with Crippen LogP contribution in [0, 0.1) is 0 Å². The molecule has 1 N–H and O–H groups in total. The van der Waals surface area contributed by atoms with Gasteiger partial charge in [0, 0.05) is 17.7 Å². The van der Waals surface area contributed by atoms with Gasteiger partial charge in [-0.15, -0.1) is 0 Å². The van der Waals surface area contributed by atoms with Crippen molar-refractivity contribution in [2.45, 2.75) is 18.9 Å². The zero-order valence-corrected chi connectivity index (χ0v) is 17.5. The number of H-pyrrole nitrogens is 1. The Morgan fingerprint density at radius 1 is 1.00 bits per heavy atom. The van der Waals surface area contributed by atoms with Crippen molar-refractivity contribution >= 4 is 34.4 Å². The normalized spacial score (nSPS) is 19.0. The molecule has 6 rings (SSSR count). The minimum atomic E-state index is -0.234. The number of likely N-dealkylation sites (tertiary alicyclic amines) is 1. The number of imide groups is 1. The number of carbonyl (C=O) groups is 2. The maximum Gasteiger partial charge on any atom is 0.261 e. The van der Waals surface area contributed by atoms with E-state index >= 15 is 0 Å². The summed E-state index contributed by atoms with van der Waals surface area (Å²) in [6.45, 7) is 1.90. The van der Waals surface area contributed by atoms with Gasteiger partial charge in [-0.05, 0) is 51.2 Å². The molecular formula is C22H19ClN4O4. The summed E-state index contributed by atoms with van der Waals surface area (Å²) in [7, 11) is 2.05. The fourth-order valence-corrected chi connectivity index (χ4v) is 4.82. The topological polar surface area (TPSA) is 87.8 Å². The smallest absolute Gasteiger partial charge is 0.261 e. The van der Waals surface area contributed by atoms with Crippen LogP contribution in [0.15, 0.2) is 24.3 Å². The summed E-state index contributed by atoms with van der Waals surface area (Å²) in [6.07, 6.45) is 1.59. The van der Waals surface area contributed by atoms with Gasteiger partial charge in [-0.2, -0.15) is 0 Å². The Morgan fingerprint density at radius 2 is 1.68 bits per heavy atom. The summed E-state index contributed by atoms with van der Waals surface area (Å²) in [6, 6.07) is 6.82. The highest BCUT2D eigenvalue weighted by molar-refractivity contribution is 6.33. The Morgan fingerprint density at radius 3 is 2.42 bits per heavy atom. The second kappa shape index (κ2) is 6.70. The lowest BCUT2D eigenvalue weighted by molar-refractivity contribution is 0.0516. The molecule has 1 saturated heterocycles. The molecule has 31 heavy (non-hydrogen) atoms. The van der Waals surface area contributed by atoms with E-state index in [0.717, 1.165) is 25.9 Å². The molecule has 158 valence electrons. The number of hydrogen-bond acceptors (Lipinski definition) is 6. The van der Waals surface area contributed by atoms with Gasteiger partial charge in [0.05, 0.1) is 27.2 Å². The standard InChI is InChI=1S/C22H19ClN4O4/c1-26-4-2-11(3-5-26)27-21(28)12-6-16-17(7-13(12)22(27)29)25-20(24-16)14-8-18-19(9-15(14)23)31-10-30-18/h6-9,11H,2-5,10H2,1H3,(H,24,25). The van der Waals surface area contributed by atoms with Crippen molar-refractivity contribution in [2.75, 3.05) is 26.9 Å². The second-order valence-corrected chi connectivity index (χ2v) is 8.61. The number of halogens is 1. The number of fused-ring (bicyclic) bond motifs is 3. The summed E-state index contributed by atoms with van der Waals surface area (Å²) < 4.78 is 10.8. The van der Waals surface area contributed by atoms with Gasteiger partial charge in [0.25, 0.3) is 11.8 Å². The molecule has 9 heteroatoms. The number of aromatic nitrogens is 2. The number of aromatic amines is 1. The van der Waals surface area contributed by atoms with E-state index in [9.17, 15) is 9.59 Å². The SMILES string of the molecule is CN1CCC(N2C(=O)c3cc4nc(-c5cc6c(cc5Cl)OCO6)[nH]c4cc3C2=O)CC1. The summed E-state index contributed by atoms with van der Waals surface area (Å²) in [5.74, 6) is 1.26. The highest BCUT2D eigenvalue weighted by Gasteiger charge is 2.41. The first-order valence-electron chi connectivity index (χ1n) is 10.2. The van der Waals surface area contributed by atoms with E-state index in [1.54, 1.807) is 24.3 Å². The molecule has 8 nitrogen and oxygen atoms in total. The van der Waals surface area contributed by atoms with Crippen LogP contribution in [0.25, 0.3) is 22.4 Å². The lowest BCUT2D eigenvalue weighted by Gasteiger charge is -2.33. The van der Waals surface area contributed by atoms with E-state index in [1.807, 2.05) is 0 Å². The van der Waals surface area contributed by atoms with Crippen LogP contribution in [-0.4, -0.2) is 64.6 Å². The molecule has 0 saturated carbocycles. The van der Waals surface area contributed by atoms with Crippen LogP contribution in [0.4, 0.5) is 0 Å².